The molecule has 0 atom stereocenters. The van der Waals surface area contributed by atoms with Crippen LogP contribution in [0.3, 0.4) is 0 Å². The Bertz CT molecular complexity index is 922. The van der Waals surface area contributed by atoms with Gasteiger partial charge in [-0.2, -0.15) is 5.10 Å². The van der Waals surface area contributed by atoms with Crippen molar-refractivity contribution in [3.63, 3.8) is 0 Å². The lowest BCUT2D eigenvalue weighted by molar-refractivity contribution is 0.285. The van der Waals surface area contributed by atoms with Gasteiger partial charge in [-0.15, -0.1) is 0 Å². The standard InChI is InChI=1S/C22H29N7/c1-3-20-14-21(26-22(25-20)19-6-8-23-9-7-19)28-11-5-10-27(12-13-28)16-18-15-24-29(4-2)17-18/h6-9,14-15,17H,3-5,10-13,16H2,1-2H3. The van der Waals surface area contributed by atoms with E-state index in [1.165, 1.54) is 5.56 Å². The van der Waals surface area contributed by atoms with Crippen LogP contribution < -0.4 is 4.90 Å². The molecule has 7 nitrogen and oxygen atoms in total. The molecule has 0 unspecified atom stereocenters. The highest BCUT2D eigenvalue weighted by Gasteiger charge is 2.18. The molecule has 0 aliphatic carbocycles. The van der Waals surface area contributed by atoms with Crippen molar-refractivity contribution >= 4 is 5.82 Å². The van der Waals surface area contributed by atoms with Gasteiger partial charge in [0, 0.05) is 80.7 Å². The first-order valence-corrected chi connectivity index (χ1v) is 10.5. The number of hydrogen-bond donors (Lipinski definition) is 0. The van der Waals surface area contributed by atoms with E-state index >= 15 is 0 Å². The molecule has 29 heavy (non-hydrogen) atoms. The summed E-state index contributed by atoms with van der Waals surface area (Å²) in [6, 6.07) is 6.09. The summed E-state index contributed by atoms with van der Waals surface area (Å²) in [5.41, 5.74) is 3.38. The lowest BCUT2D eigenvalue weighted by Crippen LogP contribution is -2.31. The summed E-state index contributed by atoms with van der Waals surface area (Å²) in [4.78, 5) is 18.7. The van der Waals surface area contributed by atoms with Crippen LogP contribution in [0.5, 0.6) is 0 Å². The Balaban J connectivity index is 1.48. The lowest BCUT2D eigenvalue weighted by atomic mass is 10.2. The second-order valence-corrected chi connectivity index (χ2v) is 7.45. The van der Waals surface area contributed by atoms with E-state index in [4.69, 9.17) is 9.97 Å². The summed E-state index contributed by atoms with van der Waals surface area (Å²) >= 11 is 0. The number of pyridine rings is 1. The third kappa shape index (κ3) is 4.79. The number of aryl methyl sites for hydroxylation is 2. The van der Waals surface area contributed by atoms with Crippen LogP contribution in [0.4, 0.5) is 5.82 Å². The fourth-order valence-electron chi connectivity index (χ4n) is 3.73. The second-order valence-electron chi connectivity index (χ2n) is 7.45. The molecule has 4 rings (SSSR count). The number of aromatic nitrogens is 5. The van der Waals surface area contributed by atoms with Crippen molar-refractivity contribution in [3.8, 4) is 11.4 Å². The van der Waals surface area contributed by atoms with Crippen molar-refractivity contribution in [2.24, 2.45) is 0 Å². The first-order valence-electron chi connectivity index (χ1n) is 10.5. The van der Waals surface area contributed by atoms with Crippen molar-refractivity contribution in [1.82, 2.24) is 29.6 Å². The molecule has 3 aromatic rings. The molecule has 3 aromatic heterocycles. The van der Waals surface area contributed by atoms with E-state index < -0.39 is 0 Å². The molecule has 0 amide bonds. The molecule has 1 saturated heterocycles. The van der Waals surface area contributed by atoms with Crippen LogP contribution in [0, 0.1) is 0 Å². The van der Waals surface area contributed by atoms with Crippen molar-refractivity contribution in [3.05, 3.63) is 54.2 Å². The molecule has 0 radical (unpaired) electrons. The highest BCUT2D eigenvalue weighted by molar-refractivity contribution is 5.57. The third-order valence-corrected chi connectivity index (χ3v) is 5.40. The molecule has 0 aromatic carbocycles. The van der Waals surface area contributed by atoms with E-state index in [9.17, 15) is 0 Å². The van der Waals surface area contributed by atoms with Crippen LogP contribution in [0.2, 0.25) is 0 Å². The van der Waals surface area contributed by atoms with Gasteiger partial charge in [-0.3, -0.25) is 14.6 Å². The average molecular weight is 392 g/mol. The Morgan fingerprint density at radius 1 is 1.00 bits per heavy atom. The zero-order valence-electron chi connectivity index (χ0n) is 17.3. The maximum absolute atomic E-state index is 4.90. The zero-order chi connectivity index (χ0) is 20.1. The molecule has 0 N–H and O–H groups in total. The summed E-state index contributed by atoms with van der Waals surface area (Å²) in [7, 11) is 0. The van der Waals surface area contributed by atoms with Crippen LogP contribution in [-0.4, -0.2) is 55.8 Å². The van der Waals surface area contributed by atoms with E-state index in [0.717, 1.165) is 75.0 Å². The molecule has 0 saturated carbocycles. The Morgan fingerprint density at radius 2 is 1.86 bits per heavy atom. The fraction of sp³-hybridized carbons (Fsp3) is 0.455. The van der Waals surface area contributed by atoms with Gasteiger partial charge in [0.1, 0.15) is 5.82 Å². The quantitative estimate of drug-likeness (QED) is 0.644. The van der Waals surface area contributed by atoms with Crippen molar-refractivity contribution in [1.29, 1.82) is 0 Å². The van der Waals surface area contributed by atoms with Gasteiger partial charge in [0.15, 0.2) is 5.82 Å². The SMILES string of the molecule is CCc1cc(N2CCCN(Cc3cnn(CC)c3)CC2)nc(-c2ccncc2)n1. The molecule has 0 bridgehead atoms. The van der Waals surface area contributed by atoms with Gasteiger partial charge < -0.3 is 4.90 Å². The van der Waals surface area contributed by atoms with Crippen molar-refractivity contribution in [2.45, 2.75) is 39.8 Å². The predicted molar refractivity (Wildman–Crippen MR) is 115 cm³/mol. The molecule has 4 heterocycles. The van der Waals surface area contributed by atoms with Gasteiger partial charge in [0.25, 0.3) is 0 Å². The first kappa shape index (κ1) is 19.5. The van der Waals surface area contributed by atoms with Crippen LogP contribution in [0.25, 0.3) is 11.4 Å². The minimum atomic E-state index is 0.787. The summed E-state index contributed by atoms with van der Waals surface area (Å²) in [6.45, 7) is 10.2. The Hall–Kier alpha value is -2.80. The minimum Gasteiger partial charge on any atom is -0.355 e. The monoisotopic (exact) mass is 391 g/mol. The molecule has 1 fully saturated rings. The topological polar surface area (TPSA) is 63.0 Å². The molecule has 152 valence electrons. The molecule has 0 spiro atoms. The fourth-order valence-corrected chi connectivity index (χ4v) is 3.73. The Morgan fingerprint density at radius 3 is 2.62 bits per heavy atom. The third-order valence-electron chi connectivity index (χ3n) is 5.40. The highest BCUT2D eigenvalue weighted by atomic mass is 15.3. The van der Waals surface area contributed by atoms with Crippen molar-refractivity contribution < 1.29 is 0 Å². The van der Waals surface area contributed by atoms with E-state index in [1.807, 2.05) is 23.0 Å². The van der Waals surface area contributed by atoms with Gasteiger partial charge in [-0.1, -0.05) is 6.92 Å². The maximum atomic E-state index is 4.90. The maximum Gasteiger partial charge on any atom is 0.161 e. The summed E-state index contributed by atoms with van der Waals surface area (Å²) < 4.78 is 1.99. The van der Waals surface area contributed by atoms with Gasteiger partial charge in [-0.05, 0) is 31.9 Å². The van der Waals surface area contributed by atoms with Gasteiger partial charge in [0.05, 0.1) is 6.20 Å². The summed E-state index contributed by atoms with van der Waals surface area (Å²) in [6.07, 6.45) is 9.75. The van der Waals surface area contributed by atoms with Gasteiger partial charge in [0.2, 0.25) is 0 Å². The molecular weight excluding hydrogens is 362 g/mol. The average Bonchev–Trinajstić information content (AvgIpc) is 3.10. The number of rotatable bonds is 6. The van der Waals surface area contributed by atoms with Crippen LogP contribution in [-0.2, 0) is 19.5 Å². The summed E-state index contributed by atoms with van der Waals surface area (Å²) in [5.74, 6) is 1.82. The Kier molecular flexibility index (Phi) is 6.14. The van der Waals surface area contributed by atoms with E-state index in [2.05, 4.69) is 46.0 Å². The molecular formula is C22H29N7. The zero-order valence-corrected chi connectivity index (χ0v) is 17.3. The molecule has 1 aliphatic heterocycles. The first-order chi connectivity index (χ1) is 14.2. The molecule has 1 aliphatic rings. The largest absolute Gasteiger partial charge is 0.355 e. The number of anilines is 1. The normalized spacial score (nSPS) is 15.4. The van der Waals surface area contributed by atoms with E-state index in [0.29, 0.717) is 0 Å². The summed E-state index contributed by atoms with van der Waals surface area (Å²) in [5, 5.41) is 4.40. The highest BCUT2D eigenvalue weighted by Crippen LogP contribution is 2.21. The molecule has 7 heteroatoms. The van der Waals surface area contributed by atoms with Gasteiger partial charge in [-0.25, -0.2) is 9.97 Å². The van der Waals surface area contributed by atoms with E-state index in [1.54, 1.807) is 12.4 Å². The van der Waals surface area contributed by atoms with E-state index in [-0.39, 0.29) is 0 Å². The number of nitrogens with zero attached hydrogens (tertiary/aromatic N) is 7. The predicted octanol–water partition coefficient (Wildman–Crippen LogP) is 3.03. The van der Waals surface area contributed by atoms with Crippen LogP contribution in [0.1, 0.15) is 31.5 Å². The smallest absolute Gasteiger partial charge is 0.161 e. The van der Waals surface area contributed by atoms with Gasteiger partial charge >= 0.3 is 0 Å². The van der Waals surface area contributed by atoms with Crippen LogP contribution in [0.15, 0.2) is 43.0 Å². The minimum absolute atomic E-state index is 0.787. The lowest BCUT2D eigenvalue weighted by Gasteiger charge is -2.23. The second kappa shape index (κ2) is 9.13. The van der Waals surface area contributed by atoms with Crippen LogP contribution >= 0.6 is 0 Å². The Labute approximate surface area is 172 Å². The van der Waals surface area contributed by atoms with Crippen molar-refractivity contribution in [2.75, 3.05) is 31.1 Å². The number of hydrogen-bond acceptors (Lipinski definition) is 6.